The molecule has 0 bridgehead atoms. The Morgan fingerprint density at radius 3 is 2.68 bits per heavy atom. The van der Waals surface area contributed by atoms with Crippen molar-refractivity contribution in [1.82, 2.24) is 4.90 Å². The van der Waals surface area contributed by atoms with E-state index in [2.05, 4.69) is 16.7 Å². The molecular weight excluding hydrogens is 239 g/mol. The summed E-state index contributed by atoms with van der Waals surface area (Å²) >= 11 is 0. The number of hydrogen-bond donors (Lipinski definition) is 0. The second-order valence-electron chi connectivity index (χ2n) is 5.84. The van der Waals surface area contributed by atoms with E-state index in [1.165, 1.54) is 38.0 Å². The number of anilines is 1. The maximum atomic E-state index is 13.1. The van der Waals surface area contributed by atoms with Gasteiger partial charge in [-0.15, -0.1) is 0 Å². The van der Waals surface area contributed by atoms with Crippen LogP contribution in [-0.2, 0) is 0 Å². The molecule has 1 aromatic rings. The van der Waals surface area contributed by atoms with Crippen molar-refractivity contribution < 1.29 is 4.39 Å². The summed E-state index contributed by atoms with van der Waals surface area (Å²) in [5, 5.41) is 0. The Hall–Kier alpha value is -1.09. The van der Waals surface area contributed by atoms with Gasteiger partial charge < -0.3 is 4.90 Å². The number of fused-ring (bicyclic) bond motifs is 1. The van der Waals surface area contributed by atoms with Gasteiger partial charge in [0.25, 0.3) is 0 Å². The van der Waals surface area contributed by atoms with Crippen molar-refractivity contribution in [3.63, 3.8) is 0 Å². The standard InChI is InChI=1S/C16H23FN2/c1-2-14-11-18-10-4-3-5-16(18)12-19(14)15-8-6-13(17)7-9-15/h6-9,14,16H,2-5,10-12H2,1H3. The maximum absolute atomic E-state index is 13.1. The first kappa shape index (κ1) is 12.9. The number of hydrogen-bond acceptors (Lipinski definition) is 2. The number of rotatable bonds is 2. The minimum Gasteiger partial charge on any atom is -0.366 e. The number of benzene rings is 1. The van der Waals surface area contributed by atoms with Crippen LogP contribution in [-0.4, -0.2) is 36.6 Å². The predicted octanol–water partition coefficient (Wildman–Crippen LogP) is 3.28. The molecule has 2 fully saturated rings. The fraction of sp³-hybridized carbons (Fsp3) is 0.625. The molecular formula is C16H23FN2. The first-order chi connectivity index (χ1) is 9.28. The fourth-order valence-electron chi connectivity index (χ4n) is 3.55. The largest absolute Gasteiger partial charge is 0.366 e. The molecule has 0 spiro atoms. The summed E-state index contributed by atoms with van der Waals surface area (Å²) in [6.45, 7) is 5.78. The molecule has 0 radical (unpaired) electrons. The first-order valence-electron chi connectivity index (χ1n) is 7.54. The van der Waals surface area contributed by atoms with Crippen LogP contribution in [0.1, 0.15) is 32.6 Å². The van der Waals surface area contributed by atoms with Crippen molar-refractivity contribution in [3.8, 4) is 0 Å². The van der Waals surface area contributed by atoms with Crippen molar-refractivity contribution >= 4 is 5.69 Å². The lowest BCUT2D eigenvalue weighted by Crippen LogP contribution is -2.59. The van der Waals surface area contributed by atoms with E-state index in [1.54, 1.807) is 12.1 Å². The molecule has 104 valence electrons. The van der Waals surface area contributed by atoms with Crippen LogP contribution in [0.3, 0.4) is 0 Å². The second-order valence-corrected chi connectivity index (χ2v) is 5.84. The van der Waals surface area contributed by atoms with E-state index in [1.807, 2.05) is 12.1 Å². The highest BCUT2D eigenvalue weighted by molar-refractivity contribution is 5.48. The normalized spacial score (nSPS) is 28.2. The molecule has 2 atom stereocenters. The molecule has 0 N–H and O–H groups in total. The summed E-state index contributed by atoms with van der Waals surface area (Å²) in [6, 6.07) is 8.28. The van der Waals surface area contributed by atoms with Crippen LogP contribution < -0.4 is 4.90 Å². The third-order valence-corrected chi connectivity index (χ3v) is 4.67. The monoisotopic (exact) mass is 262 g/mol. The van der Waals surface area contributed by atoms with Crippen LogP contribution in [0.2, 0.25) is 0 Å². The molecule has 2 nitrogen and oxygen atoms in total. The summed E-state index contributed by atoms with van der Waals surface area (Å²) in [4.78, 5) is 5.16. The summed E-state index contributed by atoms with van der Waals surface area (Å²) < 4.78 is 13.1. The van der Waals surface area contributed by atoms with Gasteiger partial charge >= 0.3 is 0 Å². The Morgan fingerprint density at radius 1 is 1.16 bits per heavy atom. The van der Waals surface area contributed by atoms with E-state index in [0.717, 1.165) is 13.0 Å². The molecule has 2 aliphatic heterocycles. The Balaban J connectivity index is 1.80. The molecule has 2 aliphatic rings. The van der Waals surface area contributed by atoms with Crippen LogP contribution in [0.5, 0.6) is 0 Å². The van der Waals surface area contributed by atoms with Crippen LogP contribution in [0.15, 0.2) is 24.3 Å². The predicted molar refractivity (Wildman–Crippen MR) is 77.0 cm³/mol. The molecule has 2 heterocycles. The minimum atomic E-state index is -0.145. The minimum absolute atomic E-state index is 0.145. The molecule has 2 saturated heterocycles. The molecule has 0 aromatic heterocycles. The molecule has 1 aromatic carbocycles. The van der Waals surface area contributed by atoms with E-state index in [4.69, 9.17) is 0 Å². The van der Waals surface area contributed by atoms with Crippen molar-refractivity contribution in [2.45, 2.75) is 44.7 Å². The summed E-state index contributed by atoms with van der Waals surface area (Å²) in [5.41, 5.74) is 1.18. The maximum Gasteiger partial charge on any atom is 0.123 e. The van der Waals surface area contributed by atoms with Crippen LogP contribution in [0.4, 0.5) is 10.1 Å². The Labute approximate surface area is 115 Å². The van der Waals surface area contributed by atoms with Crippen molar-refractivity contribution in [3.05, 3.63) is 30.1 Å². The highest BCUT2D eigenvalue weighted by Gasteiger charge is 2.34. The molecule has 3 rings (SSSR count). The summed E-state index contributed by atoms with van der Waals surface area (Å²) in [6.07, 6.45) is 5.17. The topological polar surface area (TPSA) is 6.48 Å². The number of piperazine rings is 1. The zero-order valence-electron chi connectivity index (χ0n) is 11.7. The van der Waals surface area contributed by atoms with Gasteiger partial charge in [0.2, 0.25) is 0 Å². The molecule has 0 aliphatic carbocycles. The van der Waals surface area contributed by atoms with Gasteiger partial charge in [0.1, 0.15) is 5.82 Å². The second kappa shape index (κ2) is 5.49. The van der Waals surface area contributed by atoms with E-state index in [0.29, 0.717) is 12.1 Å². The first-order valence-corrected chi connectivity index (χ1v) is 7.54. The number of halogens is 1. The highest BCUT2D eigenvalue weighted by Crippen LogP contribution is 2.29. The summed E-state index contributed by atoms with van der Waals surface area (Å²) in [7, 11) is 0. The van der Waals surface area contributed by atoms with Gasteiger partial charge in [0.05, 0.1) is 0 Å². The van der Waals surface area contributed by atoms with Gasteiger partial charge in [-0.05, 0) is 50.1 Å². The van der Waals surface area contributed by atoms with Gasteiger partial charge in [0.15, 0.2) is 0 Å². The van der Waals surface area contributed by atoms with Gasteiger partial charge in [0, 0.05) is 30.9 Å². The summed E-state index contributed by atoms with van der Waals surface area (Å²) in [5.74, 6) is -0.145. The zero-order chi connectivity index (χ0) is 13.2. The molecule has 3 heteroatoms. The van der Waals surface area contributed by atoms with Gasteiger partial charge in [-0.2, -0.15) is 0 Å². The lowest BCUT2D eigenvalue weighted by atomic mass is 9.95. The van der Waals surface area contributed by atoms with Gasteiger partial charge in [-0.3, -0.25) is 4.90 Å². The zero-order valence-corrected chi connectivity index (χ0v) is 11.7. The lowest BCUT2D eigenvalue weighted by Gasteiger charge is -2.49. The Bertz CT molecular complexity index is 417. The third kappa shape index (κ3) is 2.62. The SMILES string of the molecule is CCC1CN2CCCCC2CN1c1ccc(F)cc1. The fourth-order valence-corrected chi connectivity index (χ4v) is 3.55. The van der Waals surface area contributed by atoms with E-state index >= 15 is 0 Å². The average molecular weight is 262 g/mol. The van der Waals surface area contributed by atoms with Crippen LogP contribution >= 0.6 is 0 Å². The van der Waals surface area contributed by atoms with Crippen LogP contribution in [0, 0.1) is 5.82 Å². The van der Waals surface area contributed by atoms with Crippen molar-refractivity contribution in [2.75, 3.05) is 24.5 Å². The number of nitrogens with zero attached hydrogens (tertiary/aromatic N) is 2. The van der Waals surface area contributed by atoms with Gasteiger partial charge in [-0.25, -0.2) is 4.39 Å². The molecule has 2 unspecified atom stereocenters. The quantitative estimate of drug-likeness (QED) is 0.807. The smallest absolute Gasteiger partial charge is 0.123 e. The number of piperidine rings is 1. The Kier molecular flexibility index (Phi) is 3.74. The van der Waals surface area contributed by atoms with E-state index in [9.17, 15) is 4.39 Å². The average Bonchev–Trinajstić information content (AvgIpc) is 2.46. The van der Waals surface area contributed by atoms with Crippen LogP contribution in [0.25, 0.3) is 0 Å². The molecule has 0 saturated carbocycles. The van der Waals surface area contributed by atoms with Gasteiger partial charge in [-0.1, -0.05) is 13.3 Å². The lowest BCUT2D eigenvalue weighted by molar-refractivity contribution is 0.111. The third-order valence-electron chi connectivity index (χ3n) is 4.67. The highest BCUT2D eigenvalue weighted by atomic mass is 19.1. The van der Waals surface area contributed by atoms with E-state index < -0.39 is 0 Å². The molecule has 0 amide bonds. The van der Waals surface area contributed by atoms with Crippen molar-refractivity contribution in [1.29, 1.82) is 0 Å². The molecule has 19 heavy (non-hydrogen) atoms. The van der Waals surface area contributed by atoms with Crippen molar-refractivity contribution in [2.24, 2.45) is 0 Å². The Morgan fingerprint density at radius 2 is 1.95 bits per heavy atom. The van der Waals surface area contributed by atoms with E-state index in [-0.39, 0.29) is 5.82 Å².